The Bertz CT molecular complexity index is 684. The molecule has 1 aliphatic heterocycles. The van der Waals surface area contributed by atoms with E-state index in [-0.39, 0.29) is 12.5 Å². The van der Waals surface area contributed by atoms with Crippen LogP contribution in [0.1, 0.15) is 29.2 Å². The van der Waals surface area contributed by atoms with Gasteiger partial charge in [0.1, 0.15) is 0 Å². The lowest BCUT2D eigenvalue weighted by Crippen LogP contribution is -2.28. The van der Waals surface area contributed by atoms with E-state index in [1.807, 2.05) is 48.5 Å². The van der Waals surface area contributed by atoms with Crippen LogP contribution >= 0.6 is 0 Å². The topological polar surface area (TPSA) is 58.6 Å². The van der Waals surface area contributed by atoms with Crippen LogP contribution in [0, 0.1) is 0 Å². The number of rotatable bonds is 5. The smallest absolute Gasteiger partial charge is 0.258 e. The molecule has 120 valence electrons. The Balaban J connectivity index is 1.73. The van der Waals surface area contributed by atoms with E-state index < -0.39 is 6.10 Å². The van der Waals surface area contributed by atoms with Crippen LogP contribution in [0.2, 0.25) is 0 Å². The molecule has 4 heteroatoms. The molecule has 1 amide bonds. The minimum Gasteiger partial charge on any atom is -0.396 e. The molecule has 1 aliphatic rings. The molecule has 0 unspecified atom stereocenters. The lowest BCUT2D eigenvalue weighted by molar-refractivity contribution is -0.128. The number of aliphatic hydroxyl groups is 1. The molecule has 2 N–H and O–H groups in total. The molecular weight excluding hydrogens is 290 g/mol. The zero-order valence-electron chi connectivity index (χ0n) is 13.0. The van der Waals surface area contributed by atoms with Gasteiger partial charge in [0.25, 0.3) is 5.91 Å². The largest absolute Gasteiger partial charge is 0.396 e. The van der Waals surface area contributed by atoms with Crippen molar-refractivity contribution in [2.45, 2.75) is 25.4 Å². The van der Waals surface area contributed by atoms with Gasteiger partial charge in [-0.2, -0.15) is 0 Å². The highest BCUT2D eigenvalue weighted by Crippen LogP contribution is 2.28. The summed E-state index contributed by atoms with van der Waals surface area (Å²) in [5, 5.41) is 11.9. The molecule has 2 aromatic carbocycles. The van der Waals surface area contributed by atoms with Gasteiger partial charge in [-0.25, -0.2) is 0 Å². The number of nitrogens with one attached hydrogen (secondary N) is 1. The summed E-state index contributed by atoms with van der Waals surface area (Å²) in [5.41, 5.74) is 3.99. The monoisotopic (exact) mass is 311 g/mol. The Labute approximate surface area is 136 Å². The van der Waals surface area contributed by atoms with Crippen LogP contribution < -0.4 is 5.32 Å². The summed E-state index contributed by atoms with van der Waals surface area (Å²) in [6.07, 6.45) is 1.80. The van der Waals surface area contributed by atoms with Crippen LogP contribution in [0.25, 0.3) is 0 Å². The van der Waals surface area contributed by atoms with Crippen LogP contribution in [0.4, 0.5) is 5.69 Å². The number of hydrogen-bond donors (Lipinski definition) is 2. The fourth-order valence-corrected chi connectivity index (χ4v) is 2.91. The molecule has 0 saturated heterocycles. The lowest BCUT2D eigenvalue weighted by Gasteiger charge is -2.25. The number of carbonyl (C=O) groups excluding carboxylic acids is 1. The van der Waals surface area contributed by atoms with Crippen molar-refractivity contribution in [2.75, 3.05) is 18.5 Å². The van der Waals surface area contributed by atoms with Crippen molar-refractivity contribution in [3.8, 4) is 0 Å². The Morgan fingerprint density at radius 3 is 2.96 bits per heavy atom. The second kappa shape index (κ2) is 7.40. The van der Waals surface area contributed by atoms with E-state index in [9.17, 15) is 4.79 Å². The maximum Gasteiger partial charge on any atom is 0.258 e. The zero-order chi connectivity index (χ0) is 16.1. The van der Waals surface area contributed by atoms with Crippen LogP contribution in [0.15, 0.2) is 48.5 Å². The number of aryl methyl sites for hydroxylation is 1. The first-order chi connectivity index (χ1) is 11.3. The van der Waals surface area contributed by atoms with Gasteiger partial charge in [-0.3, -0.25) is 4.79 Å². The number of anilines is 1. The van der Waals surface area contributed by atoms with Gasteiger partial charge in [0.2, 0.25) is 0 Å². The second-order valence-electron chi connectivity index (χ2n) is 5.72. The summed E-state index contributed by atoms with van der Waals surface area (Å²) in [4.78, 5) is 12.6. The molecule has 2 aromatic rings. The fourth-order valence-electron chi connectivity index (χ4n) is 2.91. The maximum absolute atomic E-state index is 12.6. The number of carbonyl (C=O) groups is 1. The lowest BCUT2D eigenvalue weighted by atomic mass is 9.97. The van der Waals surface area contributed by atoms with Crippen LogP contribution in [0.5, 0.6) is 0 Å². The summed E-state index contributed by atoms with van der Waals surface area (Å²) in [6, 6.07) is 15.7. The van der Waals surface area contributed by atoms with Crippen molar-refractivity contribution in [3.63, 3.8) is 0 Å². The fraction of sp³-hybridized carbons (Fsp3) is 0.316. The normalized spacial score (nSPS) is 16.7. The molecule has 3 rings (SSSR count). The molecule has 0 aromatic heterocycles. The first-order valence-corrected chi connectivity index (χ1v) is 7.98. The first-order valence-electron chi connectivity index (χ1n) is 7.98. The van der Waals surface area contributed by atoms with Gasteiger partial charge >= 0.3 is 0 Å². The molecule has 23 heavy (non-hydrogen) atoms. The molecule has 0 bridgehead atoms. The molecule has 1 atom stereocenters. The van der Waals surface area contributed by atoms with Crippen LogP contribution in [0.3, 0.4) is 0 Å². The zero-order valence-corrected chi connectivity index (χ0v) is 13.0. The van der Waals surface area contributed by atoms with Gasteiger partial charge < -0.3 is 15.2 Å². The Hall–Kier alpha value is -2.17. The van der Waals surface area contributed by atoms with Gasteiger partial charge in [0.05, 0.1) is 6.61 Å². The van der Waals surface area contributed by atoms with Crippen molar-refractivity contribution in [1.82, 2.24) is 0 Å². The number of amides is 1. The van der Waals surface area contributed by atoms with E-state index in [4.69, 9.17) is 9.84 Å². The number of fused-ring (bicyclic) bond motifs is 1. The number of benzene rings is 2. The average Bonchev–Trinajstić information content (AvgIpc) is 2.59. The molecule has 0 fully saturated rings. The van der Waals surface area contributed by atoms with E-state index >= 15 is 0 Å². The van der Waals surface area contributed by atoms with E-state index in [1.165, 1.54) is 5.56 Å². The van der Waals surface area contributed by atoms with E-state index in [0.717, 1.165) is 36.1 Å². The van der Waals surface area contributed by atoms with Gasteiger partial charge in [-0.15, -0.1) is 0 Å². The van der Waals surface area contributed by atoms with Gasteiger partial charge in [0, 0.05) is 12.3 Å². The van der Waals surface area contributed by atoms with E-state index in [0.29, 0.717) is 6.61 Å². The quantitative estimate of drug-likeness (QED) is 0.892. The van der Waals surface area contributed by atoms with Crippen molar-refractivity contribution >= 4 is 11.6 Å². The second-order valence-corrected chi connectivity index (χ2v) is 5.72. The van der Waals surface area contributed by atoms with Crippen molar-refractivity contribution in [2.24, 2.45) is 0 Å². The number of ether oxygens (including phenoxy) is 1. The maximum atomic E-state index is 12.6. The Morgan fingerprint density at radius 1 is 1.22 bits per heavy atom. The van der Waals surface area contributed by atoms with E-state index in [1.54, 1.807) is 0 Å². The van der Waals surface area contributed by atoms with Gasteiger partial charge in [0.15, 0.2) is 6.10 Å². The number of aliphatic hydroxyl groups excluding tert-OH is 1. The molecule has 0 radical (unpaired) electrons. The summed E-state index contributed by atoms with van der Waals surface area (Å²) >= 11 is 0. The predicted octanol–water partition coefficient (Wildman–Crippen LogP) is 2.86. The molecule has 0 saturated carbocycles. The third-order valence-electron chi connectivity index (χ3n) is 4.05. The first kappa shape index (κ1) is 15.7. The molecule has 4 nitrogen and oxygen atoms in total. The van der Waals surface area contributed by atoms with Crippen molar-refractivity contribution in [3.05, 3.63) is 65.2 Å². The summed E-state index contributed by atoms with van der Waals surface area (Å²) in [6.45, 7) is 0.731. The van der Waals surface area contributed by atoms with Gasteiger partial charge in [-0.05, 0) is 48.1 Å². The SMILES string of the molecule is O=C(Nc1cccc(CCCO)c1)[C@@H]1OCCc2ccccc21. The van der Waals surface area contributed by atoms with Crippen LogP contribution in [-0.2, 0) is 22.4 Å². The predicted molar refractivity (Wildman–Crippen MR) is 89.3 cm³/mol. The highest BCUT2D eigenvalue weighted by atomic mass is 16.5. The molecule has 0 aliphatic carbocycles. The average molecular weight is 311 g/mol. The van der Waals surface area contributed by atoms with E-state index in [2.05, 4.69) is 5.32 Å². The molecular formula is C19H21NO3. The minimum absolute atomic E-state index is 0.142. The summed E-state index contributed by atoms with van der Waals surface area (Å²) in [5.74, 6) is -0.142. The molecule has 1 heterocycles. The Morgan fingerprint density at radius 2 is 2.09 bits per heavy atom. The molecule has 0 spiro atoms. The summed E-state index contributed by atoms with van der Waals surface area (Å²) < 4.78 is 5.69. The van der Waals surface area contributed by atoms with Crippen molar-refractivity contribution in [1.29, 1.82) is 0 Å². The van der Waals surface area contributed by atoms with Crippen LogP contribution in [-0.4, -0.2) is 24.2 Å². The third-order valence-corrected chi connectivity index (χ3v) is 4.05. The number of hydrogen-bond acceptors (Lipinski definition) is 3. The summed E-state index contributed by atoms with van der Waals surface area (Å²) in [7, 11) is 0. The van der Waals surface area contributed by atoms with Gasteiger partial charge in [-0.1, -0.05) is 36.4 Å². The van der Waals surface area contributed by atoms with Crippen molar-refractivity contribution < 1.29 is 14.6 Å². The highest BCUT2D eigenvalue weighted by molar-refractivity contribution is 5.95. The standard InChI is InChI=1S/C19H21NO3/c21-11-4-6-14-5-3-8-16(13-14)20-19(22)18-17-9-2-1-7-15(17)10-12-23-18/h1-3,5,7-9,13,18,21H,4,6,10-12H2,(H,20,22)/t18-/m1/s1. The Kier molecular flexibility index (Phi) is 5.05. The third kappa shape index (κ3) is 3.78. The minimum atomic E-state index is -0.555. The highest BCUT2D eigenvalue weighted by Gasteiger charge is 2.27.